The molecule has 0 atom stereocenters. The summed E-state index contributed by atoms with van der Waals surface area (Å²) in [6.07, 6.45) is 3.97. The molecule has 2 aromatic carbocycles. The zero-order valence-corrected chi connectivity index (χ0v) is 20.5. The molecule has 1 fully saturated rings. The number of carbonyl (C=O) groups is 3. The molecular weight excluding hydrogens is 478 g/mol. The van der Waals surface area contributed by atoms with Gasteiger partial charge in [-0.15, -0.1) is 11.3 Å². The highest BCUT2D eigenvalue weighted by Gasteiger charge is 2.30. The molecule has 8 nitrogen and oxygen atoms in total. The molecule has 1 aliphatic carbocycles. The van der Waals surface area contributed by atoms with Crippen LogP contribution in [-0.4, -0.2) is 44.1 Å². The molecule has 1 saturated carbocycles. The minimum absolute atomic E-state index is 0.0851. The molecule has 5 rings (SSSR count). The van der Waals surface area contributed by atoms with E-state index in [1.807, 2.05) is 11.4 Å². The van der Waals surface area contributed by atoms with Crippen molar-refractivity contribution in [1.82, 2.24) is 9.55 Å². The molecule has 0 saturated heterocycles. The lowest BCUT2D eigenvalue weighted by molar-refractivity contribution is -0.118. The van der Waals surface area contributed by atoms with E-state index in [0.29, 0.717) is 39.9 Å². The summed E-state index contributed by atoms with van der Waals surface area (Å²) in [5.41, 5.74) is 3.09. The SMILES string of the molecule is Cc1c(CC(=O)N(CC2CC2)c2nccs2)c2cc(CO)ccc2n1C(=O)c1ccc(C(=O)O)cc1. The van der Waals surface area contributed by atoms with Gasteiger partial charge in [0.1, 0.15) is 0 Å². The summed E-state index contributed by atoms with van der Waals surface area (Å²) < 4.78 is 1.56. The summed E-state index contributed by atoms with van der Waals surface area (Å²) >= 11 is 1.42. The third-order valence-corrected chi connectivity index (χ3v) is 7.37. The second-order valence-electron chi connectivity index (χ2n) is 9.04. The van der Waals surface area contributed by atoms with Gasteiger partial charge in [-0.05, 0) is 73.2 Å². The first-order valence-corrected chi connectivity index (χ1v) is 12.6. The van der Waals surface area contributed by atoms with E-state index in [4.69, 9.17) is 0 Å². The van der Waals surface area contributed by atoms with Crippen molar-refractivity contribution in [2.45, 2.75) is 32.8 Å². The molecule has 4 aromatic rings. The highest BCUT2D eigenvalue weighted by Crippen LogP contribution is 2.34. The van der Waals surface area contributed by atoms with Crippen LogP contribution in [0.3, 0.4) is 0 Å². The highest BCUT2D eigenvalue weighted by molar-refractivity contribution is 7.13. The number of hydrogen-bond acceptors (Lipinski definition) is 6. The Morgan fingerprint density at radius 1 is 1.11 bits per heavy atom. The normalized spacial score (nSPS) is 13.2. The molecule has 9 heteroatoms. The largest absolute Gasteiger partial charge is 0.478 e. The molecule has 36 heavy (non-hydrogen) atoms. The van der Waals surface area contributed by atoms with Gasteiger partial charge >= 0.3 is 5.97 Å². The predicted octanol–water partition coefficient (Wildman–Crippen LogP) is 4.27. The molecule has 2 aromatic heterocycles. The molecule has 1 aliphatic rings. The number of hydrogen-bond donors (Lipinski definition) is 2. The highest BCUT2D eigenvalue weighted by atomic mass is 32.1. The van der Waals surface area contributed by atoms with E-state index in [-0.39, 0.29) is 30.4 Å². The average molecular weight is 504 g/mol. The number of anilines is 1. The van der Waals surface area contributed by atoms with Crippen LogP contribution in [0.15, 0.2) is 54.0 Å². The van der Waals surface area contributed by atoms with Crippen molar-refractivity contribution in [1.29, 1.82) is 0 Å². The van der Waals surface area contributed by atoms with E-state index < -0.39 is 5.97 Å². The van der Waals surface area contributed by atoms with Crippen molar-refractivity contribution in [2.24, 2.45) is 5.92 Å². The van der Waals surface area contributed by atoms with E-state index in [0.717, 1.165) is 23.8 Å². The quantitative estimate of drug-likeness (QED) is 0.371. The molecule has 0 spiro atoms. The summed E-state index contributed by atoms with van der Waals surface area (Å²) in [6, 6.07) is 11.1. The fourth-order valence-corrected chi connectivity index (χ4v) is 5.11. The number of aromatic nitrogens is 2. The van der Waals surface area contributed by atoms with E-state index in [9.17, 15) is 24.6 Å². The summed E-state index contributed by atoms with van der Waals surface area (Å²) in [4.78, 5) is 44.4. The molecule has 0 unspecified atom stereocenters. The fourth-order valence-electron chi connectivity index (χ4n) is 4.44. The molecular formula is C27H25N3O5S. The third kappa shape index (κ3) is 4.55. The maximum atomic E-state index is 13.6. The van der Waals surface area contributed by atoms with Crippen molar-refractivity contribution in [2.75, 3.05) is 11.4 Å². The summed E-state index contributed by atoms with van der Waals surface area (Å²) in [5.74, 6) is -0.993. The Bertz CT molecular complexity index is 1450. The van der Waals surface area contributed by atoms with Crippen molar-refractivity contribution in [3.05, 3.63) is 82.0 Å². The van der Waals surface area contributed by atoms with Crippen molar-refractivity contribution in [3.8, 4) is 0 Å². The van der Waals surface area contributed by atoms with Crippen LogP contribution >= 0.6 is 11.3 Å². The molecule has 1 amide bonds. The number of rotatable bonds is 8. The summed E-state index contributed by atoms with van der Waals surface area (Å²) in [7, 11) is 0. The van der Waals surface area contributed by atoms with E-state index in [1.54, 1.807) is 34.7 Å². The van der Waals surface area contributed by atoms with Crippen molar-refractivity contribution in [3.63, 3.8) is 0 Å². The Labute approximate surface area is 211 Å². The first kappa shape index (κ1) is 23.9. The fraction of sp³-hybridized carbons (Fsp3) is 0.259. The van der Waals surface area contributed by atoms with Gasteiger partial charge in [0.15, 0.2) is 5.13 Å². The van der Waals surface area contributed by atoms with Gasteiger partial charge in [0.05, 0.1) is 24.1 Å². The lowest BCUT2D eigenvalue weighted by atomic mass is 10.0. The van der Waals surface area contributed by atoms with Gasteiger partial charge in [-0.25, -0.2) is 9.78 Å². The third-order valence-electron chi connectivity index (χ3n) is 6.58. The molecule has 184 valence electrons. The number of aliphatic hydroxyl groups is 1. The van der Waals surface area contributed by atoms with Crippen LogP contribution in [0.1, 0.15) is 50.4 Å². The second-order valence-corrected chi connectivity index (χ2v) is 9.91. The minimum Gasteiger partial charge on any atom is -0.478 e. The first-order chi connectivity index (χ1) is 17.4. The van der Waals surface area contributed by atoms with Crippen LogP contribution in [0.25, 0.3) is 10.9 Å². The monoisotopic (exact) mass is 503 g/mol. The lowest BCUT2D eigenvalue weighted by Crippen LogP contribution is -2.34. The van der Waals surface area contributed by atoms with Gasteiger partial charge in [0.2, 0.25) is 5.91 Å². The second kappa shape index (κ2) is 9.67. The standard InChI is InChI=1S/C27H25N3O5S/c1-16-21(13-24(32)29(14-17-2-3-17)27-28-10-11-36-27)22-12-18(15-31)4-9-23(22)30(16)25(33)19-5-7-20(8-6-19)26(34)35/h4-12,17,31H,2-3,13-15H2,1H3,(H,34,35). The maximum Gasteiger partial charge on any atom is 0.335 e. The van der Waals surface area contributed by atoms with Gasteiger partial charge in [0, 0.05) is 34.8 Å². The number of benzene rings is 2. The molecule has 2 N–H and O–H groups in total. The van der Waals surface area contributed by atoms with E-state index in [2.05, 4.69) is 4.98 Å². The van der Waals surface area contributed by atoms with Crippen LogP contribution in [-0.2, 0) is 17.8 Å². The summed E-state index contributed by atoms with van der Waals surface area (Å²) in [6.45, 7) is 2.27. The zero-order valence-electron chi connectivity index (χ0n) is 19.7. The number of carbonyl (C=O) groups excluding carboxylic acids is 2. The number of aromatic carboxylic acids is 1. The van der Waals surface area contributed by atoms with Crippen LogP contribution < -0.4 is 4.90 Å². The van der Waals surface area contributed by atoms with E-state index in [1.165, 1.54) is 35.6 Å². The van der Waals surface area contributed by atoms with E-state index >= 15 is 0 Å². The van der Waals surface area contributed by atoms with Crippen LogP contribution in [0.4, 0.5) is 5.13 Å². The van der Waals surface area contributed by atoms with Crippen LogP contribution in [0.5, 0.6) is 0 Å². The maximum absolute atomic E-state index is 13.6. The zero-order chi connectivity index (χ0) is 25.4. The van der Waals surface area contributed by atoms with Crippen LogP contribution in [0, 0.1) is 12.8 Å². The Balaban J connectivity index is 1.55. The van der Waals surface area contributed by atoms with Crippen molar-refractivity contribution < 1.29 is 24.6 Å². The number of carboxylic acids is 1. The smallest absolute Gasteiger partial charge is 0.335 e. The molecule has 0 radical (unpaired) electrons. The predicted molar refractivity (Wildman–Crippen MR) is 137 cm³/mol. The number of amides is 1. The van der Waals surface area contributed by atoms with Gasteiger partial charge in [0.25, 0.3) is 5.91 Å². The minimum atomic E-state index is -1.06. The van der Waals surface area contributed by atoms with Gasteiger partial charge in [-0.2, -0.15) is 0 Å². The number of fused-ring (bicyclic) bond motifs is 1. The number of nitrogens with zero attached hydrogens (tertiary/aromatic N) is 3. The Morgan fingerprint density at radius 2 is 1.83 bits per heavy atom. The Morgan fingerprint density at radius 3 is 2.44 bits per heavy atom. The Kier molecular flexibility index (Phi) is 6.42. The summed E-state index contributed by atoms with van der Waals surface area (Å²) in [5, 5.41) is 22.1. The van der Waals surface area contributed by atoms with Crippen LogP contribution in [0.2, 0.25) is 0 Å². The number of aliphatic hydroxyl groups excluding tert-OH is 1. The Hall–Kier alpha value is -3.82. The topological polar surface area (TPSA) is 113 Å². The lowest BCUT2D eigenvalue weighted by Gasteiger charge is -2.20. The van der Waals surface area contributed by atoms with Gasteiger partial charge in [-0.1, -0.05) is 6.07 Å². The van der Waals surface area contributed by atoms with Crippen molar-refractivity contribution >= 4 is 45.2 Å². The average Bonchev–Trinajstić information content (AvgIpc) is 3.47. The number of thiazole rings is 1. The molecule has 2 heterocycles. The molecule has 0 aliphatic heterocycles. The van der Waals surface area contributed by atoms with Gasteiger partial charge in [-0.3, -0.25) is 19.1 Å². The number of carboxylic acid groups (broad SMARTS) is 1. The molecule has 0 bridgehead atoms. The first-order valence-electron chi connectivity index (χ1n) is 11.7. The van der Waals surface area contributed by atoms with Gasteiger partial charge < -0.3 is 10.2 Å².